The summed E-state index contributed by atoms with van der Waals surface area (Å²) in [4.78, 5) is 37.0. The fourth-order valence-corrected chi connectivity index (χ4v) is 3.16. The number of ether oxygens (including phenoxy) is 1. The number of esters is 1. The number of aryl methyl sites for hydroxylation is 3. The van der Waals surface area contributed by atoms with Crippen LogP contribution in [0.5, 0.6) is 5.75 Å². The number of rotatable bonds is 5. The van der Waals surface area contributed by atoms with Crippen molar-refractivity contribution in [2.24, 2.45) is 5.10 Å². The summed E-state index contributed by atoms with van der Waals surface area (Å²) in [6.07, 6.45) is 0. The molecule has 0 aliphatic carbocycles. The second kappa shape index (κ2) is 10.4. The fourth-order valence-electron chi connectivity index (χ4n) is 3.16. The zero-order valence-corrected chi connectivity index (χ0v) is 18.9. The molecule has 0 heterocycles. The second-order valence-corrected chi connectivity index (χ2v) is 7.67. The summed E-state index contributed by atoms with van der Waals surface area (Å²) in [6, 6.07) is 19.4. The highest BCUT2D eigenvalue weighted by Gasteiger charge is 2.16. The van der Waals surface area contributed by atoms with Crippen molar-refractivity contribution in [2.75, 3.05) is 5.32 Å². The lowest BCUT2D eigenvalue weighted by molar-refractivity contribution is -0.136. The molecule has 0 saturated carbocycles. The largest absolute Gasteiger partial charge is 0.422 e. The Morgan fingerprint density at radius 2 is 1.55 bits per heavy atom. The molecule has 0 aliphatic rings. The van der Waals surface area contributed by atoms with Gasteiger partial charge in [0.25, 0.3) is 0 Å². The molecule has 0 aromatic heterocycles. The molecule has 0 aliphatic heterocycles. The molecule has 0 radical (unpaired) electrons. The van der Waals surface area contributed by atoms with Crippen LogP contribution in [0.15, 0.2) is 71.8 Å². The average Bonchev–Trinajstić information content (AvgIpc) is 2.79. The van der Waals surface area contributed by atoms with E-state index in [-0.39, 0.29) is 0 Å². The molecule has 0 unspecified atom stereocenters. The van der Waals surface area contributed by atoms with E-state index in [1.54, 1.807) is 55.5 Å². The van der Waals surface area contributed by atoms with E-state index in [2.05, 4.69) is 15.8 Å². The Morgan fingerprint density at radius 3 is 2.27 bits per heavy atom. The summed E-state index contributed by atoms with van der Waals surface area (Å²) in [5.74, 6) is -1.96. The minimum absolute atomic E-state index is 0.291. The van der Waals surface area contributed by atoms with Gasteiger partial charge in [0.2, 0.25) is 0 Å². The van der Waals surface area contributed by atoms with Crippen LogP contribution >= 0.6 is 0 Å². The lowest BCUT2D eigenvalue weighted by Gasteiger charge is -2.11. The quantitative estimate of drug-likeness (QED) is 0.202. The SMILES string of the molecule is C/C(=N\NC(=O)C(=O)Nc1ccc(C)cc1C)c1ccccc1OC(=O)c1cccc(C)c1. The summed E-state index contributed by atoms with van der Waals surface area (Å²) < 4.78 is 5.55. The molecule has 2 N–H and O–H groups in total. The third kappa shape index (κ3) is 6.13. The maximum atomic E-state index is 12.5. The molecular formula is C26H25N3O4. The molecule has 3 aromatic rings. The maximum absolute atomic E-state index is 12.5. The van der Waals surface area contributed by atoms with Crippen LogP contribution < -0.4 is 15.5 Å². The molecule has 0 bridgehead atoms. The Bertz CT molecular complexity index is 1250. The van der Waals surface area contributed by atoms with Gasteiger partial charge in [0.1, 0.15) is 5.75 Å². The van der Waals surface area contributed by atoms with Crippen molar-refractivity contribution >= 4 is 29.2 Å². The van der Waals surface area contributed by atoms with Crippen molar-refractivity contribution in [3.8, 4) is 5.75 Å². The third-order valence-electron chi connectivity index (χ3n) is 4.89. The number of hydrazone groups is 1. The summed E-state index contributed by atoms with van der Waals surface area (Å²) in [5, 5.41) is 6.58. The van der Waals surface area contributed by atoms with Crippen molar-refractivity contribution in [3.05, 3.63) is 94.5 Å². The van der Waals surface area contributed by atoms with Crippen LogP contribution in [-0.2, 0) is 9.59 Å². The van der Waals surface area contributed by atoms with Gasteiger partial charge in [-0.05, 0) is 63.6 Å². The molecule has 33 heavy (non-hydrogen) atoms. The molecule has 7 nitrogen and oxygen atoms in total. The van der Waals surface area contributed by atoms with Crippen molar-refractivity contribution in [1.82, 2.24) is 5.43 Å². The first-order valence-electron chi connectivity index (χ1n) is 10.4. The van der Waals surface area contributed by atoms with E-state index in [0.717, 1.165) is 16.7 Å². The van der Waals surface area contributed by atoms with E-state index in [4.69, 9.17) is 4.74 Å². The predicted molar refractivity (Wildman–Crippen MR) is 127 cm³/mol. The van der Waals surface area contributed by atoms with Gasteiger partial charge in [-0.1, -0.05) is 47.5 Å². The Balaban J connectivity index is 1.69. The Hall–Kier alpha value is -4.26. The Kier molecular flexibility index (Phi) is 7.35. The first-order chi connectivity index (χ1) is 15.7. The number of para-hydroxylation sites is 1. The van der Waals surface area contributed by atoms with Crippen molar-refractivity contribution in [1.29, 1.82) is 0 Å². The van der Waals surface area contributed by atoms with Crippen LogP contribution in [0.25, 0.3) is 0 Å². The van der Waals surface area contributed by atoms with Gasteiger partial charge < -0.3 is 10.1 Å². The lowest BCUT2D eigenvalue weighted by Crippen LogP contribution is -2.33. The Morgan fingerprint density at radius 1 is 0.818 bits per heavy atom. The first-order valence-corrected chi connectivity index (χ1v) is 10.4. The van der Waals surface area contributed by atoms with Crippen LogP contribution in [0.2, 0.25) is 0 Å². The summed E-state index contributed by atoms with van der Waals surface area (Å²) in [5.41, 5.74) is 6.95. The molecule has 168 valence electrons. The number of hydrogen-bond acceptors (Lipinski definition) is 5. The zero-order valence-electron chi connectivity index (χ0n) is 18.9. The van der Waals surface area contributed by atoms with Gasteiger partial charge in [0.05, 0.1) is 11.3 Å². The molecule has 3 rings (SSSR count). The predicted octanol–water partition coefficient (Wildman–Crippen LogP) is 4.31. The molecule has 2 amide bonds. The monoisotopic (exact) mass is 443 g/mol. The van der Waals surface area contributed by atoms with Crippen LogP contribution in [0.4, 0.5) is 5.69 Å². The van der Waals surface area contributed by atoms with Crippen molar-refractivity contribution in [2.45, 2.75) is 27.7 Å². The summed E-state index contributed by atoms with van der Waals surface area (Å²) >= 11 is 0. The van der Waals surface area contributed by atoms with Crippen LogP contribution in [-0.4, -0.2) is 23.5 Å². The van der Waals surface area contributed by atoms with Gasteiger partial charge in [-0.2, -0.15) is 5.10 Å². The highest BCUT2D eigenvalue weighted by Crippen LogP contribution is 2.21. The number of benzene rings is 3. The molecular weight excluding hydrogens is 418 g/mol. The minimum atomic E-state index is -0.913. The summed E-state index contributed by atoms with van der Waals surface area (Å²) in [7, 11) is 0. The minimum Gasteiger partial charge on any atom is -0.422 e. The van der Waals surface area contributed by atoms with E-state index in [0.29, 0.717) is 28.3 Å². The number of nitrogens with one attached hydrogen (secondary N) is 2. The highest BCUT2D eigenvalue weighted by molar-refractivity contribution is 6.39. The number of anilines is 1. The van der Waals surface area contributed by atoms with E-state index >= 15 is 0 Å². The maximum Gasteiger partial charge on any atom is 0.343 e. The normalized spacial score (nSPS) is 11.0. The van der Waals surface area contributed by atoms with Crippen LogP contribution in [0.1, 0.15) is 39.5 Å². The number of carbonyl (C=O) groups is 3. The molecule has 0 atom stereocenters. The second-order valence-electron chi connectivity index (χ2n) is 7.67. The topological polar surface area (TPSA) is 96.9 Å². The first kappa shape index (κ1) is 23.4. The molecule has 3 aromatic carbocycles. The summed E-state index contributed by atoms with van der Waals surface area (Å²) in [6.45, 7) is 7.32. The molecule has 0 fully saturated rings. The van der Waals surface area contributed by atoms with Crippen LogP contribution in [0.3, 0.4) is 0 Å². The van der Waals surface area contributed by atoms with Crippen molar-refractivity contribution in [3.63, 3.8) is 0 Å². The molecule has 0 spiro atoms. The van der Waals surface area contributed by atoms with Crippen molar-refractivity contribution < 1.29 is 19.1 Å². The smallest absolute Gasteiger partial charge is 0.343 e. The highest BCUT2D eigenvalue weighted by atomic mass is 16.5. The Labute approximate surface area is 192 Å². The van der Waals surface area contributed by atoms with Gasteiger partial charge in [-0.25, -0.2) is 10.2 Å². The van der Waals surface area contributed by atoms with Gasteiger partial charge in [0.15, 0.2) is 0 Å². The van der Waals surface area contributed by atoms with Gasteiger partial charge in [-0.15, -0.1) is 0 Å². The lowest BCUT2D eigenvalue weighted by atomic mass is 10.1. The number of nitrogens with zero attached hydrogens (tertiary/aromatic N) is 1. The van der Waals surface area contributed by atoms with E-state index < -0.39 is 17.8 Å². The van der Waals surface area contributed by atoms with E-state index in [1.165, 1.54) is 0 Å². The number of carbonyl (C=O) groups excluding carboxylic acids is 3. The average molecular weight is 444 g/mol. The van der Waals surface area contributed by atoms with E-state index in [1.807, 2.05) is 39.0 Å². The van der Waals surface area contributed by atoms with Gasteiger partial charge in [0, 0.05) is 11.3 Å². The number of amides is 2. The molecule has 0 saturated heterocycles. The van der Waals surface area contributed by atoms with Gasteiger partial charge >= 0.3 is 17.8 Å². The molecule has 7 heteroatoms. The van der Waals surface area contributed by atoms with E-state index in [9.17, 15) is 14.4 Å². The van der Waals surface area contributed by atoms with Crippen LogP contribution in [0, 0.1) is 20.8 Å². The standard InChI is InChI=1S/C26H25N3O4/c1-16-8-7-9-20(15-16)26(32)33-23-11-6-5-10-21(23)19(4)28-29-25(31)24(30)27-22-13-12-17(2)14-18(22)3/h5-15H,1-4H3,(H,27,30)(H,29,31)/b28-19+. The fraction of sp³-hybridized carbons (Fsp3) is 0.154. The van der Waals surface area contributed by atoms with Gasteiger partial charge in [-0.3, -0.25) is 9.59 Å². The zero-order chi connectivity index (χ0) is 24.0. The number of hydrogen-bond donors (Lipinski definition) is 2. The third-order valence-corrected chi connectivity index (χ3v) is 4.89.